The molecule has 0 saturated carbocycles. The van der Waals surface area contributed by atoms with Crippen molar-refractivity contribution in [1.82, 2.24) is 20.0 Å². The molecule has 0 radical (unpaired) electrons. The maximum Gasteiger partial charge on any atom is 0.358 e. The molecule has 8 heteroatoms. The zero-order chi connectivity index (χ0) is 24.0. The Hall–Kier alpha value is -3.16. The molecule has 1 aliphatic rings. The number of hydrogen-bond acceptors (Lipinski definition) is 5. The van der Waals surface area contributed by atoms with E-state index in [2.05, 4.69) is 36.4 Å². The van der Waals surface area contributed by atoms with Crippen LogP contribution >= 0.6 is 0 Å². The van der Waals surface area contributed by atoms with Gasteiger partial charge in [0.15, 0.2) is 5.69 Å². The number of ether oxygens (including phenoxy) is 1. The van der Waals surface area contributed by atoms with Crippen LogP contribution in [0.4, 0.5) is 0 Å². The summed E-state index contributed by atoms with van der Waals surface area (Å²) in [5.41, 5.74) is 0.439. The van der Waals surface area contributed by atoms with Crippen molar-refractivity contribution >= 4 is 17.8 Å². The summed E-state index contributed by atoms with van der Waals surface area (Å²) in [6, 6.07) is 11.5. The zero-order valence-electron chi connectivity index (χ0n) is 20.0. The summed E-state index contributed by atoms with van der Waals surface area (Å²) in [6.45, 7) is 9.03. The Morgan fingerprint density at radius 1 is 1.24 bits per heavy atom. The fraction of sp³-hybridized carbons (Fsp3) is 0.520. The van der Waals surface area contributed by atoms with Gasteiger partial charge in [-0.15, -0.1) is 0 Å². The molecule has 0 bridgehead atoms. The molecule has 1 atom stereocenters. The van der Waals surface area contributed by atoms with Crippen molar-refractivity contribution in [2.24, 2.45) is 5.92 Å². The summed E-state index contributed by atoms with van der Waals surface area (Å²) in [6.07, 6.45) is 2.36. The lowest BCUT2D eigenvalue weighted by Gasteiger charge is -2.43. The summed E-state index contributed by atoms with van der Waals surface area (Å²) in [4.78, 5) is 40.6. The molecule has 2 aromatic rings. The Kier molecular flexibility index (Phi) is 7.89. The van der Waals surface area contributed by atoms with Gasteiger partial charge in [-0.05, 0) is 44.6 Å². The van der Waals surface area contributed by atoms with Crippen LogP contribution in [-0.4, -0.2) is 57.7 Å². The smallest absolute Gasteiger partial charge is 0.358 e. The van der Waals surface area contributed by atoms with Gasteiger partial charge in [-0.2, -0.15) is 5.10 Å². The first-order valence-electron chi connectivity index (χ1n) is 11.7. The van der Waals surface area contributed by atoms with Gasteiger partial charge >= 0.3 is 5.97 Å². The maximum absolute atomic E-state index is 13.5. The first-order valence-corrected chi connectivity index (χ1v) is 11.7. The summed E-state index contributed by atoms with van der Waals surface area (Å²) in [7, 11) is 0. The summed E-state index contributed by atoms with van der Waals surface area (Å²) in [5.74, 6) is -0.641. The van der Waals surface area contributed by atoms with E-state index < -0.39 is 11.5 Å². The van der Waals surface area contributed by atoms with E-state index in [4.69, 9.17) is 4.74 Å². The second-order valence-corrected chi connectivity index (χ2v) is 9.05. The van der Waals surface area contributed by atoms with Gasteiger partial charge in [-0.1, -0.05) is 44.2 Å². The van der Waals surface area contributed by atoms with Crippen molar-refractivity contribution in [3.8, 4) is 0 Å². The molecule has 1 aliphatic heterocycles. The number of fused-ring (bicyclic) bond motifs is 1. The van der Waals surface area contributed by atoms with Gasteiger partial charge in [0.2, 0.25) is 5.91 Å². The molecule has 2 amide bonds. The lowest BCUT2D eigenvalue weighted by atomic mass is 9.94. The molecule has 0 saturated heterocycles. The third-order valence-corrected chi connectivity index (χ3v) is 5.97. The van der Waals surface area contributed by atoms with E-state index in [1.807, 2.05) is 18.2 Å². The van der Waals surface area contributed by atoms with E-state index in [-0.39, 0.29) is 30.7 Å². The molecular formula is C25H34N4O4. The maximum atomic E-state index is 13.5. The van der Waals surface area contributed by atoms with Crippen LogP contribution in [0.1, 0.15) is 67.1 Å². The fourth-order valence-electron chi connectivity index (χ4n) is 4.05. The third-order valence-electron chi connectivity index (χ3n) is 5.97. The van der Waals surface area contributed by atoms with Gasteiger partial charge in [0.1, 0.15) is 11.2 Å². The van der Waals surface area contributed by atoms with Crippen LogP contribution in [-0.2, 0) is 22.5 Å². The van der Waals surface area contributed by atoms with E-state index in [1.165, 1.54) is 16.3 Å². The van der Waals surface area contributed by atoms with Crippen molar-refractivity contribution in [3.05, 3.63) is 53.3 Å². The highest BCUT2D eigenvalue weighted by Crippen LogP contribution is 2.28. The molecule has 1 aromatic carbocycles. The van der Waals surface area contributed by atoms with Gasteiger partial charge in [-0.3, -0.25) is 14.3 Å². The highest BCUT2D eigenvalue weighted by Gasteiger charge is 2.47. The first-order chi connectivity index (χ1) is 15.8. The molecule has 2 heterocycles. The Balaban J connectivity index is 1.84. The predicted octanol–water partition coefficient (Wildman–Crippen LogP) is 3.07. The van der Waals surface area contributed by atoms with Gasteiger partial charge in [0.25, 0.3) is 5.91 Å². The number of hydrogen-bond donors (Lipinski definition) is 1. The first kappa shape index (κ1) is 24.5. The van der Waals surface area contributed by atoms with Gasteiger partial charge < -0.3 is 15.0 Å². The largest absolute Gasteiger partial charge is 0.461 e. The van der Waals surface area contributed by atoms with Crippen LogP contribution in [0, 0.1) is 5.92 Å². The number of benzene rings is 1. The number of carbonyl (C=O) groups excluding carboxylic acids is 3. The van der Waals surface area contributed by atoms with Crippen LogP contribution in [0.3, 0.4) is 0 Å². The molecule has 0 spiro atoms. The molecule has 0 aliphatic carbocycles. The zero-order valence-corrected chi connectivity index (χ0v) is 20.0. The topological polar surface area (TPSA) is 93.5 Å². The number of carbonyl (C=O) groups is 3. The Morgan fingerprint density at radius 2 is 1.97 bits per heavy atom. The average molecular weight is 455 g/mol. The molecule has 8 nitrogen and oxygen atoms in total. The van der Waals surface area contributed by atoms with Crippen molar-refractivity contribution in [2.75, 3.05) is 19.7 Å². The highest BCUT2D eigenvalue weighted by atomic mass is 16.5. The van der Waals surface area contributed by atoms with Gasteiger partial charge in [0, 0.05) is 19.2 Å². The number of aromatic nitrogens is 2. The minimum Gasteiger partial charge on any atom is -0.461 e. The molecule has 1 unspecified atom stereocenters. The number of nitrogens with zero attached hydrogens (tertiary/aromatic N) is 3. The molecule has 1 aromatic heterocycles. The predicted molar refractivity (Wildman–Crippen MR) is 125 cm³/mol. The van der Waals surface area contributed by atoms with Crippen LogP contribution < -0.4 is 5.32 Å². The van der Waals surface area contributed by atoms with Crippen LogP contribution in [0.25, 0.3) is 0 Å². The van der Waals surface area contributed by atoms with E-state index in [9.17, 15) is 14.4 Å². The van der Waals surface area contributed by atoms with E-state index in [1.54, 1.807) is 18.7 Å². The number of rotatable bonds is 10. The Bertz CT molecular complexity index is 986. The highest BCUT2D eigenvalue weighted by molar-refractivity contribution is 6.01. The Morgan fingerprint density at radius 3 is 2.64 bits per heavy atom. The fourth-order valence-corrected chi connectivity index (χ4v) is 4.05. The summed E-state index contributed by atoms with van der Waals surface area (Å²) >= 11 is 0. The quantitative estimate of drug-likeness (QED) is 0.557. The number of amides is 2. The average Bonchev–Trinajstić information content (AvgIpc) is 3.20. The molecule has 33 heavy (non-hydrogen) atoms. The normalized spacial score (nSPS) is 17.7. The number of nitrogens with one attached hydrogen (secondary N) is 1. The van der Waals surface area contributed by atoms with Gasteiger partial charge in [-0.25, -0.2) is 4.79 Å². The SMILES string of the molecule is CCOC(=O)c1cc2n(n1)CC(C)(C(=O)NCCC(C)C)N(CCCc1ccccc1)C2=O. The van der Waals surface area contributed by atoms with Crippen molar-refractivity contribution < 1.29 is 19.1 Å². The molecule has 1 N–H and O–H groups in total. The monoisotopic (exact) mass is 454 g/mol. The molecule has 3 rings (SSSR count). The second kappa shape index (κ2) is 10.6. The van der Waals surface area contributed by atoms with Crippen LogP contribution in [0.15, 0.2) is 36.4 Å². The molecular weight excluding hydrogens is 420 g/mol. The third kappa shape index (κ3) is 5.61. The summed E-state index contributed by atoms with van der Waals surface area (Å²) in [5, 5.41) is 7.28. The van der Waals surface area contributed by atoms with Crippen LogP contribution in [0.2, 0.25) is 0 Å². The van der Waals surface area contributed by atoms with Crippen molar-refractivity contribution in [1.29, 1.82) is 0 Å². The molecule has 178 valence electrons. The molecule has 0 fully saturated rings. The van der Waals surface area contributed by atoms with E-state index >= 15 is 0 Å². The lowest BCUT2D eigenvalue weighted by Crippen LogP contribution is -2.64. The summed E-state index contributed by atoms with van der Waals surface area (Å²) < 4.78 is 6.50. The Labute approximate surface area is 195 Å². The van der Waals surface area contributed by atoms with Crippen LogP contribution in [0.5, 0.6) is 0 Å². The minimum absolute atomic E-state index is 0.0777. The van der Waals surface area contributed by atoms with E-state index in [0.29, 0.717) is 31.1 Å². The van der Waals surface area contributed by atoms with Crippen molar-refractivity contribution in [2.45, 2.75) is 59.0 Å². The standard InChI is InChI=1S/C25H34N4O4/c1-5-33-23(31)20-16-21-22(30)28(15-9-12-19-10-7-6-8-11-19)25(4,17-29(21)27-20)24(32)26-14-13-18(2)3/h6-8,10-11,16,18H,5,9,12-15,17H2,1-4H3,(H,26,32). The second-order valence-electron chi connectivity index (χ2n) is 9.05. The van der Waals surface area contributed by atoms with E-state index in [0.717, 1.165) is 12.8 Å². The minimum atomic E-state index is -1.12. The van der Waals surface area contributed by atoms with Gasteiger partial charge in [0.05, 0.1) is 13.2 Å². The van der Waals surface area contributed by atoms with Crippen molar-refractivity contribution in [3.63, 3.8) is 0 Å². The number of aryl methyl sites for hydroxylation is 1. The lowest BCUT2D eigenvalue weighted by molar-refractivity contribution is -0.133. The number of esters is 1.